The van der Waals surface area contributed by atoms with E-state index in [9.17, 15) is 5.11 Å². The molecule has 0 amide bonds. The van der Waals surface area contributed by atoms with E-state index >= 15 is 0 Å². The van der Waals surface area contributed by atoms with Gasteiger partial charge in [-0.1, -0.05) is 0 Å². The summed E-state index contributed by atoms with van der Waals surface area (Å²) in [5, 5.41) is 10.5. The average molecular weight is 289 g/mol. The number of hydrogen-bond acceptors (Lipinski definition) is 4. The Morgan fingerprint density at radius 3 is 3.10 bits per heavy atom. The summed E-state index contributed by atoms with van der Waals surface area (Å²) < 4.78 is 11.7. The second-order valence-electron chi connectivity index (χ2n) is 6.69. The highest BCUT2D eigenvalue weighted by Gasteiger charge is 2.47. The summed E-state index contributed by atoms with van der Waals surface area (Å²) in [4.78, 5) is 2.59. The lowest BCUT2D eigenvalue weighted by atomic mass is 9.79. The molecule has 2 fully saturated rings. The molecule has 3 unspecified atom stereocenters. The number of methoxy groups -OCH3 is 1. The van der Waals surface area contributed by atoms with Gasteiger partial charge in [0, 0.05) is 37.1 Å². The Hall–Kier alpha value is -1.26. The lowest BCUT2D eigenvalue weighted by Crippen LogP contribution is -2.52. The minimum Gasteiger partial charge on any atom is -0.497 e. The third-order valence-corrected chi connectivity index (χ3v) is 5.43. The van der Waals surface area contributed by atoms with Gasteiger partial charge in [0.2, 0.25) is 0 Å². The fourth-order valence-electron chi connectivity index (χ4n) is 4.32. The van der Waals surface area contributed by atoms with E-state index in [2.05, 4.69) is 4.90 Å². The van der Waals surface area contributed by atoms with Gasteiger partial charge in [-0.15, -0.1) is 0 Å². The van der Waals surface area contributed by atoms with Crippen LogP contribution in [-0.4, -0.2) is 41.8 Å². The molecule has 4 rings (SSSR count). The number of rotatable bonds is 1. The van der Waals surface area contributed by atoms with Crippen LogP contribution in [0.5, 0.6) is 11.5 Å². The molecule has 1 aromatic rings. The summed E-state index contributed by atoms with van der Waals surface area (Å²) in [6.45, 7) is 2.32. The number of fused-ring (bicyclic) bond motifs is 2. The Labute approximate surface area is 125 Å². The van der Waals surface area contributed by atoms with Crippen molar-refractivity contribution in [3.63, 3.8) is 0 Å². The van der Waals surface area contributed by atoms with Gasteiger partial charge < -0.3 is 19.5 Å². The quantitative estimate of drug-likeness (QED) is 0.862. The summed E-state index contributed by atoms with van der Waals surface area (Å²) >= 11 is 0. The third-order valence-electron chi connectivity index (χ3n) is 5.43. The highest BCUT2D eigenvalue weighted by atomic mass is 16.5. The highest BCUT2D eigenvalue weighted by Crippen LogP contribution is 2.47. The van der Waals surface area contributed by atoms with Gasteiger partial charge in [-0.3, -0.25) is 0 Å². The van der Waals surface area contributed by atoms with Crippen molar-refractivity contribution in [3.8, 4) is 11.5 Å². The van der Waals surface area contributed by atoms with Gasteiger partial charge in [0.1, 0.15) is 17.1 Å². The predicted molar refractivity (Wildman–Crippen MR) is 79.8 cm³/mol. The smallest absolute Gasteiger partial charge is 0.129 e. The first-order valence-electron chi connectivity index (χ1n) is 7.98. The molecule has 1 aromatic carbocycles. The Kier molecular flexibility index (Phi) is 3.12. The standard InChI is InChI=1S/C17H23NO3/c1-20-13-4-5-14-15(19)11-17(21-16(14)9-13)6-8-18-7-2-3-12(18)10-17/h4-5,9,12,15,19H,2-3,6-8,10-11H2,1H3. The van der Waals surface area contributed by atoms with Crippen LogP contribution in [0, 0.1) is 0 Å². The van der Waals surface area contributed by atoms with Crippen LogP contribution in [0.3, 0.4) is 0 Å². The minimum atomic E-state index is -0.424. The largest absolute Gasteiger partial charge is 0.497 e. The predicted octanol–water partition coefficient (Wildman–Crippen LogP) is 2.51. The van der Waals surface area contributed by atoms with E-state index in [1.165, 1.54) is 19.4 Å². The van der Waals surface area contributed by atoms with Crippen LogP contribution in [0.1, 0.15) is 43.8 Å². The first kappa shape index (κ1) is 13.4. The lowest BCUT2D eigenvalue weighted by molar-refractivity contribution is -0.0646. The van der Waals surface area contributed by atoms with Crippen molar-refractivity contribution in [1.82, 2.24) is 4.90 Å². The summed E-state index contributed by atoms with van der Waals surface area (Å²) in [5.41, 5.74) is 0.708. The van der Waals surface area contributed by atoms with Crippen molar-refractivity contribution in [1.29, 1.82) is 0 Å². The van der Waals surface area contributed by atoms with Crippen molar-refractivity contribution in [2.24, 2.45) is 0 Å². The molecule has 3 heterocycles. The van der Waals surface area contributed by atoms with E-state index in [1.807, 2.05) is 18.2 Å². The third kappa shape index (κ3) is 2.21. The topological polar surface area (TPSA) is 41.9 Å². The van der Waals surface area contributed by atoms with Crippen molar-refractivity contribution >= 4 is 0 Å². The molecule has 0 aromatic heterocycles. The van der Waals surface area contributed by atoms with E-state index in [1.54, 1.807) is 7.11 Å². The molecular formula is C17H23NO3. The molecule has 21 heavy (non-hydrogen) atoms. The maximum absolute atomic E-state index is 10.5. The number of nitrogens with zero attached hydrogens (tertiary/aromatic N) is 1. The SMILES string of the molecule is COc1ccc2c(c1)OC1(CCN3CCCC3C1)CC2O. The Balaban J connectivity index is 1.63. The van der Waals surface area contributed by atoms with Crippen LogP contribution < -0.4 is 9.47 Å². The number of aliphatic hydroxyl groups excluding tert-OH is 1. The molecule has 1 N–H and O–H groups in total. The van der Waals surface area contributed by atoms with E-state index < -0.39 is 6.10 Å². The number of ether oxygens (including phenoxy) is 2. The summed E-state index contributed by atoms with van der Waals surface area (Å²) in [7, 11) is 1.66. The molecule has 2 saturated heterocycles. The van der Waals surface area contributed by atoms with Crippen LogP contribution in [-0.2, 0) is 0 Å². The van der Waals surface area contributed by atoms with Gasteiger partial charge in [0.05, 0.1) is 13.2 Å². The fourth-order valence-corrected chi connectivity index (χ4v) is 4.32. The van der Waals surface area contributed by atoms with Crippen LogP contribution in [0.2, 0.25) is 0 Å². The molecule has 0 bridgehead atoms. The van der Waals surface area contributed by atoms with Crippen molar-refractivity contribution in [2.45, 2.75) is 49.9 Å². The zero-order valence-electron chi connectivity index (χ0n) is 12.5. The number of hydrogen-bond donors (Lipinski definition) is 1. The number of piperidine rings is 1. The molecular weight excluding hydrogens is 266 g/mol. The first-order valence-corrected chi connectivity index (χ1v) is 7.98. The summed E-state index contributed by atoms with van der Waals surface area (Å²) in [6, 6.07) is 6.37. The monoisotopic (exact) mass is 289 g/mol. The van der Waals surface area contributed by atoms with Gasteiger partial charge in [-0.25, -0.2) is 0 Å². The van der Waals surface area contributed by atoms with Crippen LogP contribution in [0.25, 0.3) is 0 Å². The van der Waals surface area contributed by atoms with Gasteiger partial charge in [-0.2, -0.15) is 0 Å². The molecule has 0 aliphatic carbocycles. The van der Waals surface area contributed by atoms with Gasteiger partial charge >= 0.3 is 0 Å². The van der Waals surface area contributed by atoms with Crippen LogP contribution >= 0.6 is 0 Å². The van der Waals surface area contributed by atoms with Gasteiger partial charge in [0.25, 0.3) is 0 Å². The van der Waals surface area contributed by atoms with E-state index in [0.29, 0.717) is 6.04 Å². The highest BCUT2D eigenvalue weighted by molar-refractivity contribution is 5.44. The maximum Gasteiger partial charge on any atom is 0.129 e. The summed E-state index contributed by atoms with van der Waals surface area (Å²) in [6.07, 6.45) is 4.92. The molecule has 3 aliphatic heterocycles. The van der Waals surface area contributed by atoms with Crippen molar-refractivity contribution in [2.75, 3.05) is 20.2 Å². The second kappa shape index (κ2) is 4.89. The second-order valence-corrected chi connectivity index (χ2v) is 6.69. The molecule has 0 radical (unpaired) electrons. The van der Waals surface area contributed by atoms with Crippen LogP contribution in [0.15, 0.2) is 18.2 Å². The van der Waals surface area contributed by atoms with Crippen molar-refractivity contribution < 1.29 is 14.6 Å². The first-order chi connectivity index (χ1) is 10.2. The Morgan fingerprint density at radius 1 is 1.33 bits per heavy atom. The zero-order chi connectivity index (χ0) is 14.4. The molecule has 3 atom stereocenters. The maximum atomic E-state index is 10.5. The zero-order valence-corrected chi connectivity index (χ0v) is 12.5. The van der Waals surface area contributed by atoms with Gasteiger partial charge in [0.15, 0.2) is 0 Å². The molecule has 4 nitrogen and oxygen atoms in total. The Morgan fingerprint density at radius 2 is 2.24 bits per heavy atom. The number of aliphatic hydroxyl groups is 1. The molecule has 4 heteroatoms. The van der Waals surface area contributed by atoms with E-state index in [0.717, 1.165) is 42.9 Å². The normalized spacial score (nSPS) is 35.1. The minimum absolute atomic E-state index is 0.190. The summed E-state index contributed by atoms with van der Waals surface area (Å²) in [5.74, 6) is 1.59. The van der Waals surface area contributed by atoms with Crippen LogP contribution in [0.4, 0.5) is 0 Å². The average Bonchev–Trinajstić information content (AvgIpc) is 2.93. The Bertz CT molecular complexity index is 547. The molecule has 1 spiro atoms. The van der Waals surface area contributed by atoms with Crippen molar-refractivity contribution in [3.05, 3.63) is 23.8 Å². The molecule has 3 aliphatic rings. The fraction of sp³-hybridized carbons (Fsp3) is 0.647. The molecule has 0 saturated carbocycles. The number of benzene rings is 1. The van der Waals surface area contributed by atoms with E-state index in [-0.39, 0.29) is 5.60 Å². The van der Waals surface area contributed by atoms with Gasteiger partial charge in [-0.05, 0) is 37.9 Å². The van der Waals surface area contributed by atoms with E-state index in [4.69, 9.17) is 9.47 Å². The molecule has 114 valence electrons. The lowest BCUT2D eigenvalue weighted by Gasteiger charge is -2.47.